The minimum Gasteiger partial charge on any atom is -0.476 e. The first-order valence-electron chi connectivity index (χ1n) is 11.5. The summed E-state index contributed by atoms with van der Waals surface area (Å²) >= 11 is 0. The summed E-state index contributed by atoms with van der Waals surface area (Å²) in [6, 6.07) is 6.24. The summed E-state index contributed by atoms with van der Waals surface area (Å²) < 4.78 is 24.8. The molecular weight excluding hydrogens is 472 g/mol. The number of fused-ring (bicyclic) bond motifs is 1. The van der Waals surface area contributed by atoms with Crippen LogP contribution in [0.25, 0.3) is 11.2 Å². The van der Waals surface area contributed by atoms with Crippen LogP contribution in [-0.2, 0) is 25.4 Å². The summed E-state index contributed by atoms with van der Waals surface area (Å²) in [6.45, 7) is 3.93. The number of carbonyl (C=O) groups is 1. The molecule has 0 bridgehead atoms. The number of nitrogens with two attached hydrogens (primary N) is 1. The van der Waals surface area contributed by atoms with E-state index >= 15 is 0 Å². The summed E-state index contributed by atoms with van der Waals surface area (Å²) in [4.78, 5) is 35.2. The second kappa shape index (κ2) is 10.8. The van der Waals surface area contributed by atoms with Gasteiger partial charge in [-0.15, -0.1) is 0 Å². The molecule has 0 amide bonds. The fourth-order valence-electron chi connectivity index (χ4n) is 4.38. The van der Waals surface area contributed by atoms with Gasteiger partial charge in [-0.2, -0.15) is 9.97 Å². The minimum absolute atomic E-state index is 0.0166. The number of nitrogens with zero attached hydrogens (tertiary/aromatic N) is 5. The van der Waals surface area contributed by atoms with Gasteiger partial charge in [-0.05, 0) is 12.0 Å². The lowest BCUT2D eigenvalue weighted by molar-refractivity contribution is -0.384. The summed E-state index contributed by atoms with van der Waals surface area (Å²) in [5, 5.41) is 10.8. The average Bonchev–Trinajstić information content (AvgIpc) is 3.40. The number of nitrogen functional groups attached to an aromatic ring is 1. The van der Waals surface area contributed by atoms with Gasteiger partial charge in [-0.1, -0.05) is 19.1 Å². The number of carbonyl (C=O) groups excluding carboxylic acids is 1. The maximum atomic E-state index is 11.9. The fraction of sp³-hybridized carbons (Fsp3) is 0.478. The lowest BCUT2D eigenvalue weighted by Gasteiger charge is -2.23. The SMILES string of the molecule is CC[C@H]1O[C@@H](n2cnc3c(OCCc4ccc([N+](=O)[O-])cc4)nc(N)nc32)[C@H](OC(C)=O)[C@@H]1COC. The molecule has 0 aliphatic carbocycles. The number of hydrogen-bond donors (Lipinski definition) is 1. The Kier molecular flexibility index (Phi) is 7.60. The van der Waals surface area contributed by atoms with Crippen LogP contribution in [0.3, 0.4) is 0 Å². The first-order chi connectivity index (χ1) is 17.3. The van der Waals surface area contributed by atoms with Crippen LogP contribution in [0.2, 0.25) is 0 Å². The van der Waals surface area contributed by atoms with Crippen molar-refractivity contribution in [3.63, 3.8) is 0 Å². The molecule has 4 atom stereocenters. The number of anilines is 1. The lowest BCUT2D eigenvalue weighted by Crippen LogP contribution is -2.33. The standard InChI is InChI=1S/C23H28N6O7/c1-4-17-16(11-33-3)19(35-13(2)30)22(36-17)28-12-25-18-20(28)26-23(24)27-21(18)34-10-9-14-5-7-15(8-6-14)29(31)32/h5-8,12,16-17,19,22H,4,9-11H2,1-3H3,(H2,24,26,27)/t16-,17-,19-,22-/m1/s1. The predicted molar refractivity (Wildman–Crippen MR) is 127 cm³/mol. The van der Waals surface area contributed by atoms with Gasteiger partial charge in [-0.3, -0.25) is 19.5 Å². The first kappa shape index (κ1) is 25.3. The Morgan fingerprint density at radius 1 is 1.28 bits per heavy atom. The molecule has 3 aromatic rings. The molecule has 0 saturated carbocycles. The molecule has 1 fully saturated rings. The second-order valence-corrected chi connectivity index (χ2v) is 8.40. The van der Waals surface area contributed by atoms with E-state index in [1.165, 1.54) is 25.4 Å². The van der Waals surface area contributed by atoms with Gasteiger partial charge in [0.05, 0.1) is 36.5 Å². The molecule has 192 valence electrons. The van der Waals surface area contributed by atoms with Crippen molar-refractivity contribution in [1.82, 2.24) is 19.5 Å². The molecule has 2 aromatic heterocycles. The summed E-state index contributed by atoms with van der Waals surface area (Å²) in [6.07, 6.45) is 1.21. The van der Waals surface area contributed by atoms with Crippen molar-refractivity contribution < 1.29 is 28.7 Å². The fourth-order valence-corrected chi connectivity index (χ4v) is 4.38. The number of non-ortho nitro benzene ring substituents is 1. The number of hydrogen-bond acceptors (Lipinski definition) is 11. The highest BCUT2D eigenvalue weighted by Gasteiger charge is 2.47. The minimum atomic E-state index is -0.689. The van der Waals surface area contributed by atoms with Crippen molar-refractivity contribution in [2.75, 3.05) is 26.1 Å². The number of esters is 1. The molecule has 0 unspecified atom stereocenters. The number of imidazole rings is 1. The number of nitro benzene ring substituents is 1. The predicted octanol–water partition coefficient (Wildman–Crippen LogP) is 2.44. The van der Waals surface area contributed by atoms with Crippen LogP contribution >= 0.6 is 0 Å². The molecule has 36 heavy (non-hydrogen) atoms. The molecular formula is C23H28N6O7. The number of benzene rings is 1. The highest BCUT2D eigenvalue weighted by molar-refractivity contribution is 5.77. The molecule has 4 rings (SSSR count). The van der Waals surface area contributed by atoms with Crippen molar-refractivity contribution in [1.29, 1.82) is 0 Å². The van der Waals surface area contributed by atoms with Crippen molar-refractivity contribution >= 4 is 28.8 Å². The Morgan fingerprint density at radius 2 is 2.03 bits per heavy atom. The highest BCUT2D eigenvalue weighted by atomic mass is 16.6. The zero-order valence-corrected chi connectivity index (χ0v) is 20.2. The van der Waals surface area contributed by atoms with Gasteiger partial charge in [0, 0.05) is 32.6 Å². The molecule has 2 N–H and O–H groups in total. The van der Waals surface area contributed by atoms with Crippen molar-refractivity contribution in [2.45, 2.75) is 45.1 Å². The largest absolute Gasteiger partial charge is 0.476 e. The van der Waals surface area contributed by atoms with E-state index in [2.05, 4.69) is 15.0 Å². The molecule has 3 heterocycles. The van der Waals surface area contributed by atoms with Gasteiger partial charge in [-0.25, -0.2) is 4.98 Å². The van der Waals surface area contributed by atoms with Crippen LogP contribution in [0.1, 0.15) is 32.1 Å². The quantitative estimate of drug-likeness (QED) is 0.247. The summed E-state index contributed by atoms with van der Waals surface area (Å²) in [5.74, 6) is -0.430. The maximum Gasteiger partial charge on any atom is 0.303 e. The van der Waals surface area contributed by atoms with Gasteiger partial charge in [0.2, 0.25) is 11.8 Å². The third-order valence-corrected chi connectivity index (χ3v) is 6.02. The Hall–Kier alpha value is -3.84. The van der Waals surface area contributed by atoms with Gasteiger partial charge in [0.15, 0.2) is 23.5 Å². The summed E-state index contributed by atoms with van der Waals surface area (Å²) in [7, 11) is 1.59. The van der Waals surface area contributed by atoms with E-state index in [1.54, 1.807) is 23.8 Å². The molecule has 1 aromatic carbocycles. The lowest BCUT2D eigenvalue weighted by atomic mass is 9.97. The number of aromatic nitrogens is 4. The third kappa shape index (κ3) is 5.21. The Bertz CT molecular complexity index is 1230. The maximum absolute atomic E-state index is 11.9. The topological polar surface area (TPSA) is 167 Å². The molecule has 0 spiro atoms. The van der Waals surface area contributed by atoms with E-state index < -0.39 is 23.2 Å². The average molecular weight is 501 g/mol. The molecule has 13 heteroatoms. The van der Waals surface area contributed by atoms with Crippen LogP contribution < -0.4 is 10.5 Å². The van der Waals surface area contributed by atoms with Crippen molar-refractivity contribution in [2.24, 2.45) is 5.92 Å². The van der Waals surface area contributed by atoms with E-state index in [9.17, 15) is 14.9 Å². The summed E-state index contributed by atoms with van der Waals surface area (Å²) in [5.41, 5.74) is 7.61. The van der Waals surface area contributed by atoms with Crippen molar-refractivity contribution in [3.05, 3.63) is 46.3 Å². The van der Waals surface area contributed by atoms with Crippen LogP contribution in [0.4, 0.5) is 11.6 Å². The van der Waals surface area contributed by atoms with Crippen LogP contribution in [0, 0.1) is 16.0 Å². The Morgan fingerprint density at radius 3 is 2.67 bits per heavy atom. The zero-order chi connectivity index (χ0) is 25.8. The van der Waals surface area contributed by atoms with Gasteiger partial charge < -0.3 is 24.7 Å². The molecule has 0 radical (unpaired) electrons. The Labute approximate surface area is 206 Å². The third-order valence-electron chi connectivity index (χ3n) is 6.02. The number of nitro groups is 1. The number of rotatable bonds is 10. The molecule has 1 aliphatic rings. The van der Waals surface area contributed by atoms with Gasteiger partial charge >= 0.3 is 5.97 Å². The van der Waals surface area contributed by atoms with Crippen LogP contribution in [0.5, 0.6) is 5.88 Å². The number of methoxy groups -OCH3 is 1. The normalized spacial score (nSPS) is 21.5. The van der Waals surface area contributed by atoms with Gasteiger partial charge in [0.25, 0.3) is 5.69 Å². The smallest absolute Gasteiger partial charge is 0.303 e. The van der Waals surface area contributed by atoms with E-state index in [0.717, 1.165) is 5.56 Å². The molecule has 13 nitrogen and oxygen atoms in total. The Balaban J connectivity index is 1.57. The van der Waals surface area contributed by atoms with E-state index in [-0.39, 0.29) is 36.1 Å². The van der Waals surface area contributed by atoms with Crippen molar-refractivity contribution in [3.8, 4) is 5.88 Å². The van der Waals surface area contributed by atoms with Gasteiger partial charge in [0.1, 0.15) is 0 Å². The molecule has 1 aliphatic heterocycles. The highest BCUT2D eigenvalue weighted by Crippen LogP contribution is 2.39. The van der Waals surface area contributed by atoms with Crippen LogP contribution in [-0.4, -0.2) is 62.9 Å². The van der Waals surface area contributed by atoms with Crippen LogP contribution in [0.15, 0.2) is 30.6 Å². The van der Waals surface area contributed by atoms with E-state index in [4.69, 9.17) is 24.7 Å². The number of ether oxygens (including phenoxy) is 4. The molecule has 1 saturated heterocycles. The van der Waals surface area contributed by atoms with E-state index in [0.29, 0.717) is 30.6 Å². The zero-order valence-electron chi connectivity index (χ0n) is 20.2. The second-order valence-electron chi connectivity index (χ2n) is 8.40. The monoisotopic (exact) mass is 500 g/mol. The van der Waals surface area contributed by atoms with E-state index in [1.807, 2.05) is 6.92 Å². The first-order valence-corrected chi connectivity index (χ1v) is 11.5.